The van der Waals surface area contributed by atoms with E-state index in [4.69, 9.17) is 9.47 Å². The molecular formula is C20H24N2O4. The Hall–Kier alpha value is -3.02. The Balaban J connectivity index is 2.24. The van der Waals surface area contributed by atoms with Crippen LogP contribution in [0.25, 0.3) is 0 Å². The first-order chi connectivity index (χ1) is 12.5. The first kappa shape index (κ1) is 19.3. The van der Waals surface area contributed by atoms with Crippen LogP contribution in [0, 0.1) is 0 Å². The first-order valence-electron chi connectivity index (χ1n) is 8.48. The highest BCUT2D eigenvalue weighted by Gasteiger charge is 2.16. The maximum Gasteiger partial charge on any atom is 0.255 e. The molecule has 6 nitrogen and oxygen atoms in total. The van der Waals surface area contributed by atoms with Gasteiger partial charge in [0.25, 0.3) is 11.8 Å². The second-order valence-electron chi connectivity index (χ2n) is 5.93. The fraction of sp³-hybridized carbons (Fsp3) is 0.300. The molecule has 0 saturated carbocycles. The number of anilines is 1. The Morgan fingerprint density at radius 1 is 1.04 bits per heavy atom. The van der Waals surface area contributed by atoms with Crippen molar-refractivity contribution < 1.29 is 19.1 Å². The summed E-state index contributed by atoms with van der Waals surface area (Å²) in [6.07, 6.45) is 0. The first-order valence-corrected chi connectivity index (χ1v) is 8.48. The zero-order valence-electron chi connectivity index (χ0n) is 15.5. The van der Waals surface area contributed by atoms with E-state index in [9.17, 15) is 9.59 Å². The Bertz CT molecular complexity index is 787. The van der Waals surface area contributed by atoms with Crippen molar-refractivity contribution in [1.29, 1.82) is 0 Å². The minimum absolute atomic E-state index is 0.00151. The SMILES string of the molecule is CCOc1ccc(C(=O)Nc2ccccc2C(=O)NC(C)C)cc1OC. The molecular weight excluding hydrogens is 332 g/mol. The summed E-state index contributed by atoms with van der Waals surface area (Å²) in [7, 11) is 1.52. The van der Waals surface area contributed by atoms with Crippen LogP contribution in [0.2, 0.25) is 0 Å². The molecule has 0 bridgehead atoms. The number of carbonyl (C=O) groups is 2. The Labute approximate surface area is 153 Å². The summed E-state index contributed by atoms with van der Waals surface area (Å²) in [5, 5.41) is 5.61. The van der Waals surface area contributed by atoms with Crippen LogP contribution in [0.5, 0.6) is 11.5 Å². The average molecular weight is 356 g/mol. The summed E-state index contributed by atoms with van der Waals surface area (Å²) in [5.41, 5.74) is 1.26. The van der Waals surface area contributed by atoms with Gasteiger partial charge >= 0.3 is 0 Å². The van der Waals surface area contributed by atoms with Crippen molar-refractivity contribution in [2.45, 2.75) is 26.8 Å². The highest BCUT2D eigenvalue weighted by atomic mass is 16.5. The third-order valence-electron chi connectivity index (χ3n) is 3.57. The minimum Gasteiger partial charge on any atom is -0.493 e. The summed E-state index contributed by atoms with van der Waals surface area (Å²) in [5.74, 6) is 0.477. The molecule has 0 radical (unpaired) electrons. The largest absolute Gasteiger partial charge is 0.493 e. The topological polar surface area (TPSA) is 76.7 Å². The smallest absolute Gasteiger partial charge is 0.255 e. The number of methoxy groups -OCH3 is 1. The highest BCUT2D eigenvalue weighted by molar-refractivity contribution is 6.09. The summed E-state index contributed by atoms with van der Waals surface area (Å²) in [4.78, 5) is 24.9. The van der Waals surface area contributed by atoms with Gasteiger partial charge in [-0.1, -0.05) is 12.1 Å². The minimum atomic E-state index is -0.337. The van der Waals surface area contributed by atoms with Gasteiger partial charge in [-0.3, -0.25) is 9.59 Å². The normalized spacial score (nSPS) is 10.3. The maximum absolute atomic E-state index is 12.6. The molecule has 2 amide bonds. The van der Waals surface area contributed by atoms with E-state index in [1.54, 1.807) is 42.5 Å². The fourth-order valence-corrected chi connectivity index (χ4v) is 2.41. The van der Waals surface area contributed by atoms with Crippen molar-refractivity contribution in [2.75, 3.05) is 19.0 Å². The molecule has 0 aliphatic rings. The van der Waals surface area contributed by atoms with E-state index < -0.39 is 0 Å². The molecule has 138 valence electrons. The molecule has 0 atom stereocenters. The number of benzene rings is 2. The highest BCUT2D eigenvalue weighted by Crippen LogP contribution is 2.28. The van der Waals surface area contributed by atoms with Gasteiger partial charge in [-0.15, -0.1) is 0 Å². The number of hydrogen-bond acceptors (Lipinski definition) is 4. The number of amides is 2. The third kappa shape index (κ3) is 4.75. The fourth-order valence-electron chi connectivity index (χ4n) is 2.41. The number of hydrogen-bond donors (Lipinski definition) is 2. The lowest BCUT2D eigenvalue weighted by Gasteiger charge is -2.14. The van der Waals surface area contributed by atoms with Gasteiger partial charge in [-0.25, -0.2) is 0 Å². The van der Waals surface area contributed by atoms with E-state index in [0.717, 1.165) is 0 Å². The lowest BCUT2D eigenvalue weighted by atomic mass is 10.1. The van der Waals surface area contributed by atoms with Crippen LogP contribution < -0.4 is 20.1 Å². The molecule has 6 heteroatoms. The van der Waals surface area contributed by atoms with Crippen LogP contribution in [0.4, 0.5) is 5.69 Å². The summed E-state index contributed by atoms with van der Waals surface area (Å²) >= 11 is 0. The van der Waals surface area contributed by atoms with E-state index in [0.29, 0.717) is 34.9 Å². The van der Waals surface area contributed by atoms with Gasteiger partial charge in [0.2, 0.25) is 0 Å². The molecule has 2 aromatic rings. The van der Waals surface area contributed by atoms with Crippen molar-refractivity contribution in [3.05, 3.63) is 53.6 Å². The van der Waals surface area contributed by atoms with Crippen molar-refractivity contribution in [2.24, 2.45) is 0 Å². The van der Waals surface area contributed by atoms with Gasteiger partial charge in [0.05, 0.1) is 25.0 Å². The predicted molar refractivity (Wildman–Crippen MR) is 101 cm³/mol. The van der Waals surface area contributed by atoms with Crippen LogP contribution in [-0.4, -0.2) is 31.6 Å². The predicted octanol–water partition coefficient (Wildman–Crippen LogP) is 3.48. The molecule has 26 heavy (non-hydrogen) atoms. The van der Waals surface area contributed by atoms with Crippen molar-refractivity contribution in [3.8, 4) is 11.5 Å². The Morgan fingerprint density at radius 2 is 1.77 bits per heavy atom. The van der Waals surface area contributed by atoms with Crippen molar-refractivity contribution in [1.82, 2.24) is 5.32 Å². The maximum atomic E-state index is 12.6. The van der Waals surface area contributed by atoms with Gasteiger partial charge in [0.15, 0.2) is 11.5 Å². The average Bonchev–Trinajstić information content (AvgIpc) is 2.62. The zero-order chi connectivity index (χ0) is 19.1. The van der Waals surface area contributed by atoms with Crippen LogP contribution in [0.3, 0.4) is 0 Å². The Morgan fingerprint density at radius 3 is 2.42 bits per heavy atom. The van der Waals surface area contributed by atoms with Gasteiger partial charge in [0.1, 0.15) is 0 Å². The van der Waals surface area contributed by atoms with Crippen LogP contribution in [0.15, 0.2) is 42.5 Å². The molecule has 0 unspecified atom stereocenters. The summed E-state index contributed by atoms with van der Waals surface area (Å²) in [6.45, 7) is 6.13. The molecule has 0 aromatic heterocycles. The van der Waals surface area contributed by atoms with Gasteiger partial charge in [-0.05, 0) is 51.1 Å². The van der Waals surface area contributed by atoms with E-state index in [-0.39, 0.29) is 17.9 Å². The van der Waals surface area contributed by atoms with Gasteiger partial charge in [-0.2, -0.15) is 0 Å². The standard InChI is InChI=1S/C20H24N2O4/c1-5-26-17-11-10-14(12-18(17)25-4)19(23)22-16-9-7-6-8-15(16)20(24)21-13(2)3/h6-13H,5H2,1-4H3,(H,21,24)(H,22,23). The van der Waals surface area contributed by atoms with E-state index >= 15 is 0 Å². The van der Waals surface area contributed by atoms with E-state index in [1.807, 2.05) is 20.8 Å². The van der Waals surface area contributed by atoms with Crippen LogP contribution in [-0.2, 0) is 0 Å². The lowest BCUT2D eigenvalue weighted by molar-refractivity contribution is 0.0944. The quantitative estimate of drug-likeness (QED) is 0.796. The van der Waals surface area contributed by atoms with Crippen molar-refractivity contribution >= 4 is 17.5 Å². The van der Waals surface area contributed by atoms with Crippen molar-refractivity contribution in [3.63, 3.8) is 0 Å². The number of nitrogens with one attached hydrogen (secondary N) is 2. The third-order valence-corrected chi connectivity index (χ3v) is 3.57. The monoisotopic (exact) mass is 356 g/mol. The molecule has 2 rings (SSSR count). The second kappa shape index (κ2) is 8.89. The number of para-hydroxylation sites is 1. The molecule has 2 aromatic carbocycles. The Kier molecular flexibility index (Phi) is 6.60. The molecule has 0 aliphatic carbocycles. The van der Waals surface area contributed by atoms with Crippen LogP contribution >= 0.6 is 0 Å². The second-order valence-corrected chi connectivity index (χ2v) is 5.93. The molecule has 0 aliphatic heterocycles. The molecule has 0 saturated heterocycles. The summed E-state index contributed by atoms with van der Waals surface area (Å²) in [6, 6.07) is 11.8. The number of carbonyl (C=O) groups excluding carboxylic acids is 2. The molecule has 2 N–H and O–H groups in total. The van der Waals surface area contributed by atoms with E-state index in [1.165, 1.54) is 7.11 Å². The van der Waals surface area contributed by atoms with Crippen LogP contribution in [0.1, 0.15) is 41.5 Å². The van der Waals surface area contributed by atoms with E-state index in [2.05, 4.69) is 10.6 Å². The van der Waals surface area contributed by atoms with Gasteiger partial charge in [0, 0.05) is 11.6 Å². The number of rotatable bonds is 7. The molecule has 0 fully saturated rings. The molecule has 0 spiro atoms. The number of ether oxygens (including phenoxy) is 2. The summed E-state index contributed by atoms with van der Waals surface area (Å²) < 4.78 is 10.7. The van der Waals surface area contributed by atoms with Gasteiger partial charge < -0.3 is 20.1 Å². The molecule has 0 heterocycles. The lowest BCUT2D eigenvalue weighted by Crippen LogP contribution is -2.31. The zero-order valence-corrected chi connectivity index (χ0v) is 15.5.